The van der Waals surface area contributed by atoms with E-state index < -0.39 is 12.0 Å². The van der Waals surface area contributed by atoms with Crippen LogP contribution in [0.2, 0.25) is 0 Å². The van der Waals surface area contributed by atoms with Gasteiger partial charge in [-0.3, -0.25) is 0 Å². The molecule has 6 nitrogen and oxygen atoms in total. The van der Waals surface area contributed by atoms with E-state index in [0.717, 1.165) is 12.3 Å². The maximum absolute atomic E-state index is 12.2. The van der Waals surface area contributed by atoms with Crippen molar-refractivity contribution < 1.29 is 14.7 Å². The van der Waals surface area contributed by atoms with Crippen molar-refractivity contribution in [1.29, 1.82) is 0 Å². The van der Waals surface area contributed by atoms with Crippen LogP contribution in [-0.2, 0) is 4.79 Å². The molecule has 0 radical (unpaired) electrons. The summed E-state index contributed by atoms with van der Waals surface area (Å²) in [5.41, 5.74) is 0. The van der Waals surface area contributed by atoms with Crippen LogP contribution in [0.1, 0.15) is 0 Å². The van der Waals surface area contributed by atoms with Gasteiger partial charge in [0.1, 0.15) is 6.04 Å². The van der Waals surface area contributed by atoms with E-state index in [1.54, 1.807) is 23.7 Å². The van der Waals surface area contributed by atoms with Gasteiger partial charge in [-0.25, -0.2) is 9.59 Å². The monoisotopic (exact) mass is 275 g/mol. The number of rotatable bonds is 4. The Labute approximate surface area is 112 Å². The van der Waals surface area contributed by atoms with E-state index in [1.165, 1.54) is 4.90 Å². The molecule has 1 fully saturated rings. The smallest absolute Gasteiger partial charge is 0.327 e. The second-order valence-electron chi connectivity index (χ2n) is 4.63. The van der Waals surface area contributed by atoms with Crippen LogP contribution in [0.25, 0.3) is 0 Å². The van der Waals surface area contributed by atoms with E-state index in [9.17, 15) is 9.59 Å². The lowest BCUT2D eigenvalue weighted by Gasteiger charge is -2.35. The van der Waals surface area contributed by atoms with Crippen molar-refractivity contribution in [1.82, 2.24) is 14.7 Å². The molecule has 0 spiro atoms. The van der Waals surface area contributed by atoms with Crippen molar-refractivity contribution >= 4 is 23.8 Å². The number of hydrogen-bond donors (Lipinski definition) is 1. The summed E-state index contributed by atoms with van der Waals surface area (Å²) in [6.07, 6.45) is 0. The van der Waals surface area contributed by atoms with Gasteiger partial charge in [0.05, 0.1) is 0 Å². The predicted octanol–water partition coefficient (Wildman–Crippen LogP) is 0.102. The van der Waals surface area contributed by atoms with Gasteiger partial charge >= 0.3 is 12.0 Å². The third kappa shape index (κ3) is 4.06. The molecule has 1 rings (SSSR count). The maximum Gasteiger partial charge on any atom is 0.327 e. The van der Waals surface area contributed by atoms with Crippen LogP contribution in [0.15, 0.2) is 0 Å². The molecule has 1 aliphatic rings. The lowest BCUT2D eigenvalue weighted by molar-refractivity contribution is -0.141. The topological polar surface area (TPSA) is 64.1 Å². The third-order valence-electron chi connectivity index (χ3n) is 2.87. The Hall–Kier alpha value is -0.950. The van der Waals surface area contributed by atoms with E-state index in [1.807, 2.05) is 19.0 Å². The number of nitrogens with zero attached hydrogens (tertiary/aromatic N) is 3. The second kappa shape index (κ2) is 6.84. The summed E-state index contributed by atoms with van der Waals surface area (Å²) in [7, 11) is 5.60. The first-order valence-electron chi connectivity index (χ1n) is 5.90. The molecule has 1 N–H and O–H groups in total. The molecule has 104 valence electrons. The molecule has 0 aromatic rings. The fourth-order valence-electron chi connectivity index (χ4n) is 1.70. The first kappa shape index (κ1) is 15.1. The Morgan fingerprint density at radius 1 is 1.33 bits per heavy atom. The minimum absolute atomic E-state index is 0.190. The first-order chi connectivity index (χ1) is 8.43. The summed E-state index contributed by atoms with van der Waals surface area (Å²) in [5, 5.41) is 9.12. The van der Waals surface area contributed by atoms with Crippen LogP contribution in [-0.4, -0.2) is 90.1 Å². The molecule has 0 bridgehead atoms. The predicted molar refractivity (Wildman–Crippen MR) is 72.0 cm³/mol. The largest absolute Gasteiger partial charge is 0.480 e. The molecular weight excluding hydrogens is 254 g/mol. The number of aliphatic carboxylic acids is 1. The molecule has 18 heavy (non-hydrogen) atoms. The van der Waals surface area contributed by atoms with Crippen molar-refractivity contribution in [2.24, 2.45) is 0 Å². The normalized spacial score (nSPS) is 20.0. The number of carbonyl (C=O) groups excluding carboxylic acids is 1. The SMILES string of the molecule is CN(C)CCN(C)C(=O)N1CCSCC1C(=O)O. The number of carboxylic acids is 1. The zero-order chi connectivity index (χ0) is 13.7. The molecular formula is C11H21N3O3S. The van der Waals surface area contributed by atoms with Gasteiger partial charge in [-0.1, -0.05) is 0 Å². The number of amides is 2. The average Bonchev–Trinajstić information content (AvgIpc) is 2.34. The molecule has 1 heterocycles. The van der Waals surface area contributed by atoms with Crippen LogP contribution in [0, 0.1) is 0 Å². The van der Waals surface area contributed by atoms with Crippen molar-refractivity contribution in [3.05, 3.63) is 0 Å². The molecule has 0 aliphatic carbocycles. The van der Waals surface area contributed by atoms with Gasteiger partial charge in [0.2, 0.25) is 0 Å². The molecule has 7 heteroatoms. The fraction of sp³-hybridized carbons (Fsp3) is 0.818. The van der Waals surface area contributed by atoms with Gasteiger partial charge in [0.15, 0.2) is 0 Å². The van der Waals surface area contributed by atoms with Crippen molar-refractivity contribution in [3.8, 4) is 0 Å². The quantitative estimate of drug-likeness (QED) is 0.788. The third-order valence-corrected chi connectivity index (χ3v) is 3.89. The Morgan fingerprint density at radius 2 is 2.00 bits per heavy atom. The Kier molecular flexibility index (Phi) is 5.74. The summed E-state index contributed by atoms with van der Waals surface area (Å²) in [5.74, 6) is 0.358. The lowest BCUT2D eigenvalue weighted by atomic mass is 10.3. The van der Waals surface area contributed by atoms with E-state index in [2.05, 4.69) is 0 Å². The van der Waals surface area contributed by atoms with Gasteiger partial charge in [0.25, 0.3) is 0 Å². The number of likely N-dealkylation sites (N-methyl/N-ethyl adjacent to an activating group) is 2. The number of hydrogen-bond acceptors (Lipinski definition) is 4. The second-order valence-corrected chi connectivity index (χ2v) is 5.78. The number of carboxylic acid groups (broad SMARTS) is 1. The van der Waals surface area contributed by atoms with Gasteiger partial charge < -0.3 is 19.8 Å². The van der Waals surface area contributed by atoms with Crippen molar-refractivity contribution in [2.45, 2.75) is 6.04 Å². The minimum atomic E-state index is -0.920. The van der Waals surface area contributed by atoms with Crippen molar-refractivity contribution in [2.75, 3.05) is 52.3 Å². The molecule has 1 aliphatic heterocycles. The number of urea groups is 1. The molecule has 0 aromatic carbocycles. The number of carbonyl (C=O) groups is 2. The van der Waals surface area contributed by atoms with Gasteiger partial charge in [-0.05, 0) is 14.1 Å². The van der Waals surface area contributed by atoms with E-state index in [-0.39, 0.29) is 6.03 Å². The Morgan fingerprint density at radius 3 is 2.56 bits per heavy atom. The average molecular weight is 275 g/mol. The summed E-state index contributed by atoms with van der Waals surface area (Å²) in [6, 6.07) is -0.886. The highest BCUT2D eigenvalue weighted by Gasteiger charge is 2.33. The van der Waals surface area contributed by atoms with Crippen LogP contribution in [0.5, 0.6) is 0 Å². The summed E-state index contributed by atoms with van der Waals surface area (Å²) in [6.45, 7) is 1.87. The highest BCUT2D eigenvalue weighted by Crippen LogP contribution is 2.18. The minimum Gasteiger partial charge on any atom is -0.480 e. The fourth-order valence-corrected chi connectivity index (χ4v) is 2.74. The molecule has 2 amide bonds. The van der Waals surface area contributed by atoms with Gasteiger partial charge in [0, 0.05) is 38.2 Å². The van der Waals surface area contributed by atoms with Gasteiger partial charge in [-0.15, -0.1) is 0 Å². The van der Waals surface area contributed by atoms with Crippen LogP contribution < -0.4 is 0 Å². The summed E-state index contributed by atoms with van der Waals surface area (Å²) >= 11 is 1.58. The zero-order valence-corrected chi connectivity index (χ0v) is 11.9. The van der Waals surface area contributed by atoms with E-state index >= 15 is 0 Å². The molecule has 1 atom stereocenters. The molecule has 1 unspecified atom stereocenters. The molecule has 0 saturated carbocycles. The Bertz CT molecular complexity index is 312. The highest BCUT2D eigenvalue weighted by atomic mass is 32.2. The van der Waals surface area contributed by atoms with Crippen LogP contribution in [0.3, 0.4) is 0 Å². The lowest BCUT2D eigenvalue weighted by Crippen LogP contribution is -2.54. The summed E-state index contributed by atoms with van der Waals surface area (Å²) in [4.78, 5) is 28.4. The Balaban J connectivity index is 2.59. The number of thioether (sulfide) groups is 1. The standard InChI is InChI=1S/C11H21N3O3S/c1-12(2)4-5-13(3)11(17)14-6-7-18-8-9(14)10(15)16/h9H,4-8H2,1-3H3,(H,15,16). The van der Waals surface area contributed by atoms with Crippen LogP contribution >= 0.6 is 11.8 Å². The molecule has 1 saturated heterocycles. The maximum atomic E-state index is 12.2. The summed E-state index contributed by atoms with van der Waals surface area (Å²) < 4.78 is 0. The van der Waals surface area contributed by atoms with Crippen molar-refractivity contribution in [3.63, 3.8) is 0 Å². The van der Waals surface area contributed by atoms with E-state index in [0.29, 0.717) is 18.8 Å². The molecule has 0 aromatic heterocycles. The first-order valence-corrected chi connectivity index (χ1v) is 7.06. The highest BCUT2D eigenvalue weighted by molar-refractivity contribution is 7.99. The zero-order valence-electron chi connectivity index (χ0n) is 11.1. The van der Waals surface area contributed by atoms with E-state index in [4.69, 9.17) is 5.11 Å². The van der Waals surface area contributed by atoms with Crippen LogP contribution in [0.4, 0.5) is 4.79 Å². The van der Waals surface area contributed by atoms with Gasteiger partial charge in [-0.2, -0.15) is 11.8 Å².